The van der Waals surface area contributed by atoms with Crippen molar-refractivity contribution in [3.8, 4) is 0 Å². The molecule has 29 heteroatoms. The van der Waals surface area contributed by atoms with Crippen molar-refractivity contribution in [2.24, 2.45) is 50.2 Å². The minimum absolute atomic E-state index is 0.0209. The second-order valence-electron chi connectivity index (χ2n) is 28.8. The first-order chi connectivity index (χ1) is 41.4. The molecule has 0 spiro atoms. The average Bonchev–Trinajstić information content (AvgIpc) is 0.761. The summed E-state index contributed by atoms with van der Waals surface area (Å²) in [7, 11) is 0. The van der Waals surface area contributed by atoms with E-state index in [-0.39, 0.29) is 22.7 Å². The molecule has 0 aromatic rings. The van der Waals surface area contributed by atoms with Crippen molar-refractivity contribution >= 4 is 23.9 Å². The third kappa shape index (κ3) is 12.5. The number of carbonyl (C=O) groups excluding carboxylic acids is 2. The molecular formula is C60H94O29. The van der Waals surface area contributed by atoms with Gasteiger partial charge in [0, 0.05) is 0 Å². The number of esters is 2. The van der Waals surface area contributed by atoms with Gasteiger partial charge in [0.25, 0.3) is 0 Å². The maximum atomic E-state index is 15.7. The lowest BCUT2D eigenvalue weighted by Gasteiger charge is -2.71. The number of hydrogen-bond acceptors (Lipinski definition) is 27. The van der Waals surface area contributed by atoms with Crippen molar-refractivity contribution in [2.45, 2.75) is 260 Å². The maximum Gasteiger partial charge on any atom is 0.315 e. The molecule has 9 rings (SSSR count). The Bertz CT molecular complexity index is 2580. The largest absolute Gasteiger partial charge is 0.481 e. The lowest BCUT2D eigenvalue weighted by molar-refractivity contribution is -0.377. The van der Waals surface area contributed by atoms with Crippen LogP contribution in [0.5, 0.6) is 0 Å². The topological polar surface area (TPSA) is 475 Å². The molecule has 16 N–H and O–H groups in total. The van der Waals surface area contributed by atoms with E-state index >= 15 is 4.79 Å². The molecule has 0 aromatic carbocycles. The number of ether oxygens (including phenoxy) is 9. The minimum Gasteiger partial charge on any atom is -0.481 e. The van der Waals surface area contributed by atoms with Gasteiger partial charge in [0.05, 0.1) is 55.2 Å². The van der Waals surface area contributed by atoms with Gasteiger partial charge < -0.3 is 124 Å². The monoisotopic (exact) mass is 1280 g/mol. The lowest BCUT2D eigenvalue weighted by Crippen LogP contribution is -2.67. The molecular weight excluding hydrogens is 1180 g/mol. The predicted molar refractivity (Wildman–Crippen MR) is 296 cm³/mol. The van der Waals surface area contributed by atoms with Crippen LogP contribution in [-0.2, 0) is 61.8 Å². The van der Waals surface area contributed by atoms with E-state index in [9.17, 15) is 96.1 Å². The van der Waals surface area contributed by atoms with Gasteiger partial charge in [-0.3, -0.25) is 19.2 Å². The molecule has 0 bridgehead atoms. The third-order valence-corrected chi connectivity index (χ3v) is 22.8. The molecule has 9 aliphatic rings. The third-order valence-electron chi connectivity index (χ3n) is 22.8. The second kappa shape index (κ2) is 25.8. The van der Waals surface area contributed by atoms with Crippen LogP contribution in [0.15, 0.2) is 11.6 Å². The molecule has 30 atom stereocenters. The average molecular weight is 1280 g/mol. The van der Waals surface area contributed by atoms with Crippen LogP contribution >= 0.6 is 0 Å². The zero-order valence-corrected chi connectivity index (χ0v) is 51.2. The first-order valence-electron chi connectivity index (χ1n) is 31.0. The standard InChI is InChI=1S/C60H94O29/c1-54(2)14-16-60(17-15-57(5)25(26(60)18-54)8-9-31-56(4)12-11-33(63)59(7,52(77)78)32(56)10-13-58(31,57)6)53(79)89-50-45(76)46(87-48-43(74)40(71)36(67)27(21-61)83-48)39(70)30(85-50)24-82-51-47(88-49-44(75)41(72)37(68)28(22-62)84-49)42(73)38(69)29(86-51)23-81-35(66)20-55(3,80)19-34(64)65/h8,26-33,36-51,61-63,67-76,80H,9-24H2,1-7H3,(H,64,65)(H,77,78)/t26-,27+,28+,29+,30-,31+,32+,33+,36-,37-,38+,39-,40+,41+,42-,43-,44-,45+,46+,47-,48-,49-,50+,51+,55+,56-,57-,58+,59+,60+/m1/s1. The van der Waals surface area contributed by atoms with Gasteiger partial charge in [0.2, 0.25) is 6.29 Å². The molecule has 29 nitrogen and oxygen atoms in total. The number of carboxylic acids is 2. The molecule has 0 aromatic heterocycles. The van der Waals surface area contributed by atoms with Crippen LogP contribution in [0.2, 0.25) is 0 Å². The zero-order chi connectivity index (χ0) is 65.6. The summed E-state index contributed by atoms with van der Waals surface area (Å²) in [4.78, 5) is 52.9. The number of allylic oxidation sites excluding steroid dienone is 2. The molecule has 4 saturated carbocycles. The van der Waals surface area contributed by atoms with Crippen molar-refractivity contribution in [3.63, 3.8) is 0 Å². The lowest BCUT2D eigenvalue weighted by atomic mass is 9.33. The maximum absolute atomic E-state index is 15.7. The Morgan fingerprint density at radius 1 is 0.584 bits per heavy atom. The van der Waals surface area contributed by atoms with Gasteiger partial charge in [-0.2, -0.15) is 0 Å². The van der Waals surface area contributed by atoms with Gasteiger partial charge in [-0.05, 0) is 117 Å². The SMILES string of the molecule is CC1(C)CC[C@]2(C(=O)O[C@@H]3O[C@H](CO[C@H]4O[C@@H](COC(=O)C[C@@](C)(O)CC(=O)O)[C@H](O)[C@@H](O)[C@H]4O[C@H]4O[C@@H](CO)[C@@H](O)[C@H](O)[C@H]4O)[C@@H](O)[C@H](O[C@H]4O[C@@H](CO)[C@@H](O)[C@H](O)[C@H]4O)[C@@H]3O)CC[C@]3(C)C(=CC[C@H]4[C@@]5(C)CC[C@H](O)[C@@](C)(C(=O)O)[C@H]5CC[C@@]43C)[C@H]2C1. The van der Waals surface area contributed by atoms with E-state index in [0.29, 0.717) is 64.2 Å². The predicted octanol–water partition coefficient (Wildman–Crippen LogP) is -2.80. The van der Waals surface area contributed by atoms with Crippen LogP contribution in [0.4, 0.5) is 0 Å². The summed E-state index contributed by atoms with van der Waals surface area (Å²) in [6.45, 7) is 10.0. The molecule has 0 unspecified atom stereocenters. The fourth-order valence-corrected chi connectivity index (χ4v) is 17.2. The first-order valence-corrected chi connectivity index (χ1v) is 31.0. The molecule has 4 saturated heterocycles. The van der Waals surface area contributed by atoms with Gasteiger partial charge in [0.1, 0.15) is 104 Å². The number of aliphatic hydroxyl groups excluding tert-OH is 13. The second-order valence-corrected chi connectivity index (χ2v) is 28.8. The van der Waals surface area contributed by atoms with E-state index in [4.69, 9.17) is 42.6 Å². The Morgan fingerprint density at radius 3 is 1.72 bits per heavy atom. The Hall–Kier alpha value is -3.22. The number of carbonyl (C=O) groups is 4. The normalized spacial score (nSPS) is 49.5. The van der Waals surface area contributed by atoms with Crippen molar-refractivity contribution in [2.75, 3.05) is 26.4 Å². The number of rotatable bonds is 18. The molecule has 5 aliphatic carbocycles. The van der Waals surface area contributed by atoms with Crippen LogP contribution in [-0.4, -0.2) is 267 Å². The molecule has 0 amide bonds. The Balaban J connectivity index is 1.02. The van der Waals surface area contributed by atoms with Gasteiger partial charge >= 0.3 is 23.9 Å². The fraction of sp³-hybridized carbons (Fsp3) is 0.900. The molecule has 4 heterocycles. The van der Waals surface area contributed by atoms with E-state index in [1.54, 1.807) is 6.92 Å². The van der Waals surface area contributed by atoms with Crippen molar-refractivity contribution < 1.29 is 144 Å². The number of fused-ring (bicyclic) bond motifs is 7. The van der Waals surface area contributed by atoms with Crippen LogP contribution < -0.4 is 0 Å². The quantitative estimate of drug-likeness (QED) is 0.0487. The Labute approximate surface area is 514 Å². The highest BCUT2D eigenvalue weighted by Gasteiger charge is 2.71. The van der Waals surface area contributed by atoms with Crippen molar-refractivity contribution in [3.05, 3.63) is 11.6 Å². The summed E-state index contributed by atoms with van der Waals surface area (Å²) in [5.74, 6) is -5.12. The number of carboxylic acid groups (broad SMARTS) is 2. The van der Waals surface area contributed by atoms with Crippen LogP contribution in [0, 0.1) is 50.2 Å². The summed E-state index contributed by atoms with van der Waals surface area (Å²) in [6.07, 6.45) is -34.7. The van der Waals surface area contributed by atoms with Crippen LogP contribution in [0.1, 0.15) is 126 Å². The summed E-state index contributed by atoms with van der Waals surface area (Å²) >= 11 is 0. The molecule has 8 fully saturated rings. The molecule has 0 radical (unpaired) electrons. The molecule has 89 heavy (non-hydrogen) atoms. The van der Waals surface area contributed by atoms with Crippen LogP contribution in [0.25, 0.3) is 0 Å². The zero-order valence-electron chi connectivity index (χ0n) is 51.2. The van der Waals surface area contributed by atoms with E-state index in [2.05, 4.69) is 40.7 Å². The highest BCUT2D eigenvalue weighted by molar-refractivity contribution is 5.79. The smallest absolute Gasteiger partial charge is 0.315 e. The summed E-state index contributed by atoms with van der Waals surface area (Å²) < 4.78 is 52.9. The highest BCUT2D eigenvalue weighted by Crippen LogP contribution is 2.76. The van der Waals surface area contributed by atoms with Crippen molar-refractivity contribution in [1.29, 1.82) is 0 Å². The van der Waals surface area contributed by atoms with Crippen molar-refractivity contribution in [1.82, 2.24) is 0 Å². The van der Waals surface area contributed by atoms with E-state index in [0.717, 1.165) is 12.5 Å². The Morgan fingerprint density at radius 2 is 1.13 bits per heavy atom. The van der Waals surface area contributed by atoms with Gasteiger partial charge in [-0.25, -0.2) is 0 Å². The van der Waals surface area contributed by atoms with Crippen LogP contribution in [0.3, 0.4) is 0 Å². The Kier molecular flexibility index (Phi) is 20.3. The summed E-state index contributed by atoms with van der Waals surface area (Å²) in [6, 6.07) is 0. The fourth-order valence-electron chi connectivity index (χ4n) is 17.2. The van der Waals surface area contributed by atoms with E-state index < -0.39 is 225 Å². The number of hydrogen-bond donors (Lipinski definition) is 16. The minimum atomic E-state index is -2.17. The van der Waals surface area contributed by atoms with Gasteiger partial charge in [-0.1, -0.05) is 46.3 Å². The highest BCUT2D eigenvalue weighted by atomic mass is 16.8. The number of aliphatic hydroxyl groups is 14. The summed E-state index contributed by atoms with van der Waals surface area (Å²) in [5, 5.41) is 174. The number of aliphatic carboxylic acids is 2. The van der Waals surface area contributed by atoms with E-state index in [1.807, 2.05) is 0 Å². The molecule has 4 aliphatic heterocycles. The van der Waals surface area contributed by atoms with E-state index in [1.165, 1.54) is 0 Å². The van der Waals surface area contributed by atoms with Gasteiger partial charge in [0.15, 0.2) is 18.9 Å². The molecule has 508 valence electrons. The summed E-state index contributed by atoms with van der Waals surface area (Å²) in [5.41, 5.74) is -5.24. The van der Waals surface area contributed by atoms with Gasteiger partial charge in [-0.15, -0.1) is 0 Å². The first kappa shape index (κ1) is 70.1.